The summed E-state index contributed by atoms with van der Waals surface area (Å²) in [6.07, 6.45) is 3.99. The molecule has 1 aliphatic heterocycles. The van der Waals surface area contributed by atoms with Gasteiger partial charge in [0.05, 0.1) is 6.54 Å². The first-order valence-electron chi connectivity index (χ1n) is 6.77. The standard InChI is InChI=1S/C14H20N2OS/c1-9-6-7-12(18-9)14-15-8-13(17)16(14)10(2)11-4-3-5-11/h6-7,10-11,14-15H,3-5,8H2,1-2H3. The fraction of sp³-hybridized carbons (Fsp3) is 0.643. The van der Waals surface area contributed by atoms with E-state index in [0.29, 0.717) is 18.5 Å². The Morgan fingerprint density at radius 1 is 1.44 bits per heavy atom. The predicted molar refractivity (Wildman–Crippen MR) is 73.4 cm³/mol. The molecule has 3 nitrogen and oxygen atoms in total. The number of hydrogen-bond donors (Lipinski definition) is 1. The van der Waals surface area contributed by atoms with Crippen LogP contribution in [0.5, 0.6) is 0 Å². The van der Waals surface area contributed by atoms with E-state index in [1.165, 1.54) is 29.0 Å². The highest BCUT2D eigenvalue weighted by molar-refractivity contribution is 7.12. The highest BCUT2D eigenvalue weighted by Gasteiger charge is 2.39. The van der Waals surface area contributed by atoms with Crippen molar-refractivity contribution in [3.8, 4) is 0 Å². The van der Waals surface area contributed by atoms with Crippen LogP contribution in [0.4, 0.5) is 0 Å². The molecule has 2 unspecified atom stereocenters. The molecular formula is C14H20N2OS. The molecule has 0 radical (unpaired) electrons. The van der Waals surface area contributed by atoms with Gasteiger partial charge in [-0.15, -0.1) is 11.3 Å². The van der Waals surface area contributed by atoms with Crippen molar-refractivity contribution in [2.45, 2.75) is 45.3 Å². The molecule has 1 N–H and O–H groups in total. The number of carbonyl (C=O) groups is 1. The Morgan fingerprint density at radius 3 is 2.78 bits per heavy atom. The molecule has 1 saturated heterocycles. The molecule has 0 aromatic carbocycles. The van der Waals surface area contributed by atoms with Crippen LogP contribution in [0.25, 0.3) is 0 Å². The van der Waals surface area contributed by atoms with Crippen LogP contribution in [0.3, 0.4) is 0 Å². The van der Waals surface area contributed by atoms with E-state index in [1.54, 1.807) is 11.3 Å². The van der Waals surface area contributed by atoms with E-state index in [4.69, 9.17) is 0 Å². The maximum absolute atomic E-state index is 12.1. The first kappa shape index (κ1) is 12.2. The Hall–Kier alpha value is -0.870. The summed E-state index contributed by atoms with van der Waals surface area (Å²) in [5.74, 6) is 0.961. The Kier molecular flexibility index (Phi) is 3.16. The van der Waals surface area contributed by atoms with Crippen LogP contribution in [0.1, 0.15) is 42.1 Å². The molecule has 2 aliphatic rings. The number of nitrogens with one attached hydrogen (secondary N) is 1. The van der Waals surface area contributed by atoms with Gasteiger partial charge in [-0.25, -0.2) is 0 Å². The first-order valence-corrected chi connectivity index (χ1v) is 7.59. The number of rotatable bonds is 3. The molecule has 0 bridgehead atoms. The minimum atomic E-state index is 0.104. The summed E-state index contributed by atoms with van der Waals surface area (Å²) in [6, 6.07) is 4.65. The minimum absolute atomic E-state index is 0.104. The van der Waals surface area contributed by atoms with Gasteiger partial charge in [-0.3, -0.25) is 10.1 Å². The summed E-state index contributed by atoms with van der Waals surface area (Å²) >= 11 is 1.79. The fourth-order valence-corrected chi connectivity index (χ4v) is 3.92. The minimum Gasteiger partial charge on any atom is -0.318 e. The molecular weight excluding hydrogens is 244 g/mol. The van der Waals surface area contributed by atoms with Gasteiger partial charge in [-0.05, 0) is 44.7 Å². The maximum atomic E-state index is 12.1. The van der Waals surface area contributed by atoms with Gasteiger partial charge >= 0.3 is 0 Å². The van der Waals surface area contributed by atoms with Crippen molar-refractivity contribution in [3.05, 3.63) is 21.9 Å². The van der Waals surface area contributed by atoms with Gasteiger partial charge < -0.3 is 4.90 Å². The van der Waals surface area contributed by atoms with Crippen LogP contribution in [0, 0.1) is 12.8 Å². The van der Waals surface area contributed by atoms with Crippen molar-refractivity contribution >= 4 is 17.2 Å². The molecule has 1 aromatic heterocycles. The van der Waals surface area contributed by atoms with Crippen molar-refractivity contribution in [2.75, 3.05) is 6.54 Å². The molecule has 1 aromatic rings. The van der Waals surface area contributed by atoms with E-state index >= 15 is 0 Å². The Bertz CT molecular complexity index is 452. The number of thiophene rings is 1. The molecule has 1 aliphatic carbocycles. The summed E-state index contributed by atoms with van der Waals surface area (Å²) in [7, 11) is 0. The first-order chi connectivity index (χ1) is 8.66. The van der Waals surface area contributed by atoms with E-state index in [-0.39, 0.29) is 12.1 Å². The second-order valence-electron chi connectivity index (χ2n) is 5.46. The molecule has 3 rings (SSSR count). The smallest absolute Gasteiger partial charge is 0.238 e. The van der Waals surface area contributed by atoms with E-state index in [9.17, 15) is 4.79 Å². The number of nitrogens with zero attached hydrogens (tertiary/aromatic N) is 1. The Balaban J connectivity index is 1.82. The lowest BCUT2D eigenvalue weighted by Gasteiger charge is -2.39. The highest BCUT2D eigenvalue weighted by atomic mass is 32.1. The average molecular weight is 264 g/mol. The summed E-state index contributed by atoms with van der Waals surface area (Å²) < 4.78 is 0. The SMILES string of the molecule is Cc1ccc(C2NCC(=O)N2C(C)C2CCC2)s1. The summed E-state index contributed by atoms with van der Waals surface area (Å²) in [6.45, 7) is 4.81. The molecule has 1 saturated carbocycles. The third-order valence-electron chi connectivity index (χ3n) is 4.31. The van der Waals surface area contributed by atoms with Crippen LogP contribution < -0.4 is 5.32 Å². The van der Waals surface area contributed by atoms with E-state index < -0.39 is 0 Å². The number of aryl methyl sites for hydroxylation is 1. The van der Waals surface area contributed by atoms with Gasteiger partial charge in [0.2, 0.25) is 5.91 Å². The van der Waals surface area contributed by atoms with Gasteiger partial charge in [0.15, 0.2) is 0 Å². The van der Waals surface area contributed by atoms with Gasteiger partial charge in [0.1, 0.15) is 6.17 Å². The molecule has 1 amide bonds. The quantitative estimate of drug-likeness (QED) is 0.910. The number of hydrogen-bond acceptors (Lipinski definition) is 3. The normalized spacial score (nSPS) is 26.4. The van der Waals surface area contributed by atoms with Gasteiger partial charge in [0, 0.05) is 15.8 Å². The summed E-state index contributed by atoms with van der Waals surface area (Å²) in [4.78, 5) is 16.8. The van der Waals surface area contributed by atoms with E-state index in [2.05, 4.69) is 36.2 Å². The van der Waals surface area contributed by atoms with Gasteiger partial charge in [-0.2, -0.15) is 0 Å². The van der Waals surface area contributed by atoms with Gasteiger partial charge in [-0.1, -0.05) is 6.42 Å². The van der Waals surface area contributed by atoms with Crippen LogP contribution in [0.2, 0.25) is 0 Å². The van der Waals surface area contributed by atoms with Crippen LogP contribution in [0.15, 0.2) is 12.1 Å². The fourth-order valence-electron chi connectivity index (χ4n) is 2.97. The van der Waals surface area contributed by atoms with E-state index in [0.717, 1.165) is 0 Å². The van der Waals surface area contributed by atoms with E-state index in [1.807, 2.05) is 0 Å². The van der Waals surface area contributed by atoms with Crippen LogP contribution >= 0.6 is 11.3 Å². The molecule has 2 fully saturated rings. The summed E-state index contributed by atoms with van der Waals surface area (Å²) in [5, 5.41) is 3.36. The second-order valence-corrected chi connectivity index (χ2v) is 6.78. The third-order valence-corrected chi connectivity index (χ3v) is 5.37. The van der Waals surface area contributed by atoms with Crippen molar-refractivity contribution < 1.29 is 4.79 Å². The molecule has 2 atom stereocenters. The molecule has 2 heterocycles. The zero-order chi connectivity index (χ0) is 12.7. The zero-order valence-corrected chi connectivity index (χ0v) is 11.8. The van der Waals surface area contributed by atoms with Crippen molar-refractivity contribution in [3.63, 3.8) is 0 Å². The second kappa shape index (κ2) is 4.67. The van der Waals surface area contributed by atoms with Crippen molar-refractivity contribution in [2.24, 2.45) is 5.92 Å². The lowest BCUT2D eigenvalue weighted by molar-refractivity contribution is -0.131. The topological polar surface area (TPSA) is 32.3 Å². The average Bonchev–Trinajstić information content (AvgIpc) is 2.81. The number of carbonyl (C=O) groups excluding carboxylic acids is 1. The molecule has 18 heavy (non-hydrogen) atoms. The van der Waals surface area contributed by atoms with Crippen LogP contribution in [-0.4, -0.2) is 23.4 Å². The maximum Gasteiger partial charge on any atom is 0.238 e. The largest absolute Gasteiger partial charge is 0.318 e. The summed E-state index contributed by atoms with van der Waals surface area (Å²) in [5.41, 5.74) is 0. The zero-order valence-electron chi connectivity index (χ0n) is 11.0. The monoisotopic (exact) mass is 264 g/mol. The highest BCUT2D eigenvalue weighted by Crippen LogP contribution is 2.37. The van der Waals surface area contributed by atoms with Crippen molar-refractivity contribution in [1.82, 2.24) is 10.2 Å². The van der Waals surface area contributed by atoms with Crippen molar-refractivity contribution in [1.29, 1.82) is 0 Å². The predicted octanol–water partition coefficient (Wildman–Crippen LogP) is 2.68. The Morgan fingerprint density at radius 2 is 2.22 bits per heavy atom. The molecule has 0 spiro atoms. The Labute approximate surface area is 112 Å². The molecule has 4 heteroatoms. The third kappa shape index (κ3) is 1.97. The lowest BCUT2D eigenvalue weighted by atomic mass is 9.79. The van der Waals surface area contributed by atoms with Gasteiger partial charge in [0.25, 0.3) is 0 Å². The van der Waals surface area contributed by atoms with Crippen LogP contribution in [-0.2, 0) is 4.79 Å². The lowest BCUT2D eigenvalue weighted by Crippen LogP contribution is -2.44. The number of amides is 1. The molecule has 98 valence electrons.